The molecule has 1 aromatic heterocycles. The van der Waals surface area contributed by atoms with Crippen LogP contribution in [0.15, 0.2) is 47.1 Å². The van der Waals surface area contributed by atoms with Gasteiger partial charge in [-0.15, -0.1) is 0 Å². The van der Waals surface area contributed by atoms with E-state index in [1.54, 1.807) is 6.07 Å². The first-order valence-electron chi connectivity index (χ1n) is 8.00. The van der Waals surface area contributed by atoms with Gasteiger partial charge in [-0.1, -0.05) is 34.1 Å². The third-order valence-electron chi connectivity index (χ3n) is 4.49. The maximum absolute atomic E-state index is 11.0. The number of H-pyrrole nitrogens is 1. The molecule has 0 bridgehead atoms. The molecule has 0 spiro atoms. The van der Waals surface area contributed by atoms with E-state index in [-0.39, 0.29) is 12.0 Å². The third-order valence-corrected chi connectivity index (χ3v) is 4.98. The van der Waals surface area contributed by atoms with Gasteiger partial charge in [0.1, 0.15) is 0 Å². The van der Waals surface area contributed by atoms with Gasteiger partial charge in [0.25, 0.3) is 0 Å². The van der Waals surface area contributed by atoms with Crippen LogP contribution < -0.4 is 11.1 Å². The number of carboxylic acid groups (broad SMARTS) is 1. The van der Waals surface area contributed by atoms with Crippen LogP contribution in [0.4, 0.5) is 10.5 Å². The molecule has 0 aliphatic heterocycles. The Morgan fingerprint density at radius 2 is 2.04 bits per heavy atom. The number of carbonyl (C=O) groups is 1. The van der Waals surface area contributed by atoms with Gasteiger partial charge < -0.3 is 15.8 Å². The number of nitrogens with one attached hydrogen (secondary N) is 2. The second kappa shape index (κ2) is 6.90. The highest BCUT2D eigenvalue weighted by Crippen LogP contribution is 2.36. The van der Waals surface area contributed by atoms with Crippen molar-refractivity contribution >= 4 is 38.6 Å². The van der Waals surface area contributed by atoms with Crippen molar-refractivity contribution in [2.24, 2.45) is 5.73 Å². The minimum absolute atomic E-state index is 0.0505. The molecule has 0 saturated carbocycles. The van der Waals surface area contributed by atoms with Crippen LogP contribution in [0.3, 0.4) is 0 Å². The highest BCUT2D eigenvalue weighted by molar-refractivity contribution is 9.10. The molecule has 5 N–H and O–H groups in total. The number of fused-ring (bicyclic) bond motifs is 1. The maximum atomic E-state index is 11.0. The van der Waals surface area contributed by atoms with E-state index in [0.29, 0.717) is 5.69 Å². The number of nitrogens with two attached hydrogens (primary N) is 1. The van der Waals surface area contributed by atoms with Gasteiger partial charge in [-0.25, -0.2) is 4.79 Å². The second-order valence-electron chi connectivity index (χ2n) is 6.22. The summed E-state index contributed by atoms with van der Waals surface area (Å²) in [6.07, 6.45) is 0.913. The molecule has 130 valence electrons. The van der Waals surface area contributed by atoms with Gasteiger partial charge >= 0.3 is 6.09 Å². The summed E-state index contributed by atoms with van der Waals surface area (Å²) >= 11 is 3.49. The Kier molecular flexibility index (Phi) is 4.83. The minimum Gasteiger partial charge on any atom is -0.465 e. The Labute approximate surface area is 154 Å². The standard InChI is InChI=1S/C19H20BrN3O2/c1-10-13(4-3-5-16(10)23-19(24)25)18(11(2)21)15-9-22-17-8-12(20)6-7-14(15)17/h3-9,11,18,22-23H,21H2,1-2H3,(H,24,25). The molecule has 25 heavy (non-hydrogen) atoms. The molecule has 0 aliphatic carbocycles. The van der Waals surface area contributed by atoms with Gasteiger partial charge in [0, 0.05) is 39.2 Å². The monoisotopic (exact) mass is 401 g/mol. The fraction of sp³-hybridized carbons (Fsp3) is 0.211. The normalized spacial score (nSPS) is 13.6. The van der Waals surface area contributed by atoms with Crippen LogP contribution in [0.2, 0.25) is 0 Å². The van der Waals surface area contributed by atoms with Crippen molar-refractivity contribution in [3.05, 3.63) is 63.8 Å². The van der Waals surface area contributed by atoms with Gasteiger partial charge in [0.2, 0.25) is 0 Å². The number of hydrogen-bond donors (Lipinski definition) is 4. The molecule has 0 fully saturated rings. The number of rotatable bonds is 4. The molecular weight excluding hydrogens is 382 g/mol. The first kappa shape index (κ1) is 17.5. The number of benzene rings is 2. The van der Waals surface area contributed by atoms with Crippen LogP contribution in [-0.4, -0.2) is 22.2 Å². The molecule has 1 heterocycles. The van der Waals surface area contributed by atoms with Crippen molar-refractivity contribution in [3.8, 4) is 0 Å². The first-order valence-corrected chi connectivity index (χ1v) is 8.79. The molecule has 2 unspecified atom stereocenters. The summed E-state index contributed by atoms with van der Waals surface area (Å²) in [5.74, 6) is -0.0505. The number of aromatic amines is 1. The number of amides is 1. The predicted octanol–water partition coefficient (Wildman–Crippen LogP) is 4.81. The molecule has 5 nitrogen and oxygen atoms in total. The SMILES string of the molecule is Cc1c(NC(=O)O)cccc1C(c1c[nH]c2cc(Br)ccc12)C(C)N. The molecule has 3 aromatic rings. The molecule has 0 aliphatic rings. The fourth-order valence-electron chi connectivity index (χ4n) is 3.35. The second-order valence-corrected chi connectivity index (χ2v) is 7.14. The highest BCUT2D eigenvalue weighted by atomic mass is 79.9. The van der Waals surface area contributed by atoms with Gasteiger partial charge in [-0.2, -0.15) is 0 Å². The Balaban J connectivity index is 2.15. The molecule has 2 atom stereocenters. The van der Waals surface area contributed by atoms with E-state index in [1.807, 2.05) is 44.3 Å². The molecule has 0 saturated heterocycles. The fourth-order valence-corrected chi connectivity index (χ4v) is 3.71. The zero-order chi connectivity index (χ0) is 18.1. The summed E-state index contributed by atoms with van der Waals surface area (Å²) in [5, 5.41) is 12.6. The van der Waals surface area contributed by atoms with E-state index in [0.717, 1.165) is 32.1 Å². The van der Waals surface area contributed by atoms with Crippen molar-refractivity contribution < 1.29 is 9.90 Å². The van der Waals surface area contributed by atoms with E-state index in [4.69, 9.17) is 10.8 Å². The van der Waals surface area contributed by atoms with Crippen LogP contribution in [0.1, 0.15) is 29.5 Å². The summed E-state index contributed by atoms with van der Waals surface area (Å²) in [4.78, 5) is 14.3. The van der Waals surface area contributed by atoms with E-state index < -0.39 is 6.09 Å². The largest absolute Gasteiger partial charge is 0.465 e. The topological polar surface area (TPSA) is 91.1 Å². The van der Waals surface area contributed by atoms with E-state index in [1.165, 1.54) is 0 Å². The van der Waals surface area contributed by atoms with E-state index in [9.17, 15) is 4.79 Å². The summed E-state index contributed by atoms with van der Waals surface area (Å²) in [5.41, 5.74) is 11.0. The molecule has 3 rings (SSSR count). The number of aromatic nitrogens is 1. The van der Waals surface area contributed by atoms with Crippen molar-refractivity contribution in [2.45, 2.75) is 25.8 Å². The Morgan fingerprint density at radius 3 is 2.72 bits per heavy atom. The van der Waals surface area contributed by atoms with Gasteiger partial charge in [-0.3, -0.25) is 5.32 Å². The lowest BCUT2D eigenvalue weighted by atomic mass is 9.83. The lowest BCUT2D eigenvalue weighted by Crippen LogP contribution is -2.26. The van der Waals surface area contributed by atoms with Crippen LogP contribution >= 0.6 is 15.9 Å². The summed E-state index contributed by atoms with van der Waals surface area (Å²) in [7, 11) is 0. The first-order chi connectivity index (χ1) is 11.9. The molecule has 6 heteroatoms. The quantitative estimate of drug-likeness (QED) is 0.505. The summed E-state index contributed by atoms with van der Waals surface area (Å²) in [6, 6.07) is 11.6. The van der Waals surface area contributed by atoms with Crippen LogP contribution in [0.25, 0.3) is 10.9 Å². The zero-order valence-electron chi connectivity index (χ0n) is 14.0. The van der Waals surface area contributed by atoms with E-state index >= 15 is 0 Å². The maximum Gasteiger partial charge on any atom is 0.409 e. The summed E-state index contributed by atoms with van der Waals surface area (Å²) < 4.78 is 1.01. The van der Waals surface area contributed by atoms with Crippen molar-refractivity contribution in [1.82, 2.24) is 4.98 Å². The number of anilines is 1. The third kappa shape index (κ3) is 3.41. The van der Waals surface area contributed by atoms with Crippen LogP contribution in [0, 0.1) is 6.92 Å². The number of hydrogen-bond acceptors (Lipinski definition) is 2. The van der Waals surface area contributed by atoms with Crippen molar-refractivity contribution in [2.75, 3.05) is 5.32 Å². The Bertz CT molecular complexity index is 934. The summed E-state index contributed by atoms with van der Waals surface area (Å²) in [6.45, 7) is 3.89. The van der Waals surface area contributed by atoms with Crippen molar-refractivity contribution in [1.29, 1.82) is 0 Å². The molecule has 0 radical (unpaired) electrons. The average Bonchev–Trinajstić information content (AvgIpc) is 2.93. The molecule has 2 aromatic carbocycles. The van der Waals surface area contributed by atoms with Gasteiger partial charge in [0.05, 0.1) is 0 Å². The number of halogens is 1. The van der Waals surface area contributed by atoms with Crippen LogP contribution in [0.5, 0.6) is 0 Å². The predicted molar refractivity (Wildman–Crippen MR) is 104 cm³/mol. The van der Waals surface area contributed by atoms with Crippen molar-refractivity contribution in [3.63, 3.8) is 0 Å². The Morgan fingerprint density at radius 1 is 1.28 bits per heavy atom. The smallest absolute Gasteiger partial charge is 0.409 e. The van der Waals surface area contributed by atoms with Gasteiger partial charge in [-0.05, 0) is 48.7 Å². The minimum atomic E-state index is -1.07. The van der Waals surface area contributed by atoms with Gasteiger partial charge in [0.15, 0.2) is 0 Å². The lowest BCUT2D eigenvalue weighted by Gasteiger charge is -2.24. The van der Waals surface area contributed by atoms with Crippen LogP contribution in [-0.2, 0) is 0 Å². The average molecular weight is 402 g/mol. The lowest BCUT2D eigenvalue weighted by molar-refractivity contribution is 0.209. The van der Waals surface area contributed by atoms with E-state index in [2.05, 4.69) is 32.3 Å². The molecular formula is C19H20BrN3O2. The zero-order valence-corrected chi connectivity index (χ0v) is 15.6. The Hall–Kier alpha value is -2.31. The molecule has 1 amide bonds. The highest BCUT2D eigenvalue weighted by Gasteiger charge is 2.24.